The van der Waals surface area contributed by atoms with Crippen LogP contribution in [0, 0.1) is 0 Å². The second-order valence-corrected chi connectivity index (χ2v) is 12.8. The van der Waals surface area contributed by atoms with Crippen molar-refractivity contribution in [3.63, 3.8) is 0 Å². The third-order valence-corrected chi connectivity index (χ3v) is 10.4. The molecule has 0 radical (unpaired) electrons. The molecule has 0 amide bonds. The molecular formula is C37H22N4O4S2. The number of hydrogen-bond donors (Lipinski definition) is 3. The van der Waals surface area contributed by atoms with Crippen molar-refractivity contribution in [3.8, 4) is 0 Å². The van der Waals surface area contributed by atoms with E-state index >= 15 is 0 Å². The minimum absolute atomic E-state index is 0.367. The lowest BCUT2D eigenvalue weighted by Crippen LogP contribution is -2.37. The molecule has 0 bridgehead atoms. The Morgan fingerprint density at radius 2 is 0.979 bits per heavy atom. The summed E-state index contributed by atoms with van der Waals surface area (Å²) in [5.74, 6) is 3.16. The van der Waals surface area contributed by atoms with E-state index in [2.05, 4.69) is 93.2 Å². The van der Waals surface area contributed by atoms with Crippen LogP contribution in [0.2, 0.25) is 0 Å². The number of para-hydroxylation sites is 4. The second-order valence-electron chi connectivity index (χ2n) is 11.9. The molecule has 4 aliphatic rings. The number of anilines is 4. The van der Waals surface area contributed by atoms with Crippen LogP contribution in [0.4, 0.5) is 22.7 Å². The van der Waals surface area contributed by atoms with Crippen LogP contribution in [0.15, 0.2) is 97.1 Å². The van der Waals surface area contributed by atoms with Crippen molar-refractivity contribution in [2.75, 3.05) is 27.5 Å². The van der Waals surface area contributed by atoms with E-state index in [1.807, 2.05) is 24.3 Å². The van der Waals surface area contributed by atoms with Crippen LogP contribution >= 0.6 is 24.6 Å². The van der Waals surface area contributed by atoms with Gasteiger partial charge in [0.25, 0.3) is 0 Å². The van der Waals surface area contributed by atoms with Gasteiger partial charge in [0.1, 0.15) is 11.6 Å². The van der Waals surface area contributed by atoms with E-state index in [0.29, 0.717) is 24.1 Å². The zero-order valence-corrected chi connectivity index (χ0v) is 26.3. The van der Waals surface area contributed by atoms with Crippen LogP contribution in [0.5, 0.6) is 0 Å². The highest BCUT2D eigenvalue weighted by Crippen LogP contribution is 2.45. The number of benzene rings is 7. The summed E-state index contributed by atoms with van der Waals surface area (Å²) in [5.41, 5.74) is 4.02. The summed E-state index contributed by atoms with van der Waals surface area (Å²) in [4.78, 5) is 4.21. The topological polar surface area (TPSA) is 78.5 Å². The Morgan fingerprint density at radius 3 is 1.45 bits per heavy atom. The summed E-state index contributed by atoms with van der Waals surface area (Å²) in [6.07, 6.45) is 0. The van der Waals surface area contributed by atoms with Crippen molar-refractivity contribution in [1.29, 1.82) is 0 Å². The van der Waals surface area contributed by atoms with Crippen LogP contribution in [0.3, 0.4) is 0 Å². The molecule has 0 spiro atoms. The molecule has 0 fully saturated rings. The van der Waals surface area contributed by atoms with Gasteiger partial charge in [0.15, 0.2) is 0 Å². The van der Waals surface area contributed by atoms with E-state index in [1.165, 1.54) is 5.39 Å². The Labute approximate surface area is 275 Å². The highest BCUT2D eigenvalue weighted by Gasteiger charge is 2.35. The van der Waals surface area contributed by atoms with Crippen molar-refractivity contribution in [3.05, 3.63) is 118 Å². The molecule has 7 aromatic carbocycles. The molecule has 0 saturated carbocycles. The van der Waals surface area contributed by atoms with Crippen LogP contribution < -0.4 is 41.3 Å². The van der Waals surface area contributed by atoms with E-state index in [9.17, 15) is 4.55 Å². The Kier molecular flexibility index (Phi) is 5.05. The van der Waals surface area contributed by atoms with Gasteiger partial charge in [-0.05, 0) is 68.7 Å². The largest absolute Gasteiger partial charge is 0.380 e. The molecule has 0 saturated heterocycles. The van der Waals surface area contributed by atoms with Gasteiger partial charge in [-0.25, -0.2) is 0 Å². The first-order valence-electron chi connectivity index (χ1n) is 15.1. The molecule has 226 valence electrons. The molecule has 0 atom stereocenters. The Bertz CT molecular complexity index is 2820. The summed E-state index contributed by atoms with van der Waals surface area (Å²) >= 11 is 1.33. The van der Waals surface area contributed by atoms with Crippen molar-refractivity contribution in [1.82, 2.24) is 0 Å². The van der Waals surface area contributed by atoms with Gasteiger partial charge in [-0.2, -0.15) is 0 Å². The third kappa shape index (κ3) is 3.13. The van der Waals surface area contributed by atoms with Gasteiger partial charge in [-0.3, -0.25) is 18.5 Å². The van der Waals surface area contributed by atoms with Gasteiger partial charge in [0.2, 0.25) is 36.4 Å². The summed E-state index contributed by atoms with van der Waals surface area (Å²) in [6, 6.07) is 34.0. The van der Waals surface area contributed by atoms with Crippen molar-refractivity contribution < 1.29 is 17.1 Å². The van der Waals surface area contributed by atoms with Crippen LogP contribution in [-0.2, 0) is 12.5 Å². The fourth-order valence-electron chi connectivity index (χ4n) is 8.10. The van der Waals surface area contributed by atoms with Gasteiger partial charge < -0.3 is 19.0 Å². The molecule has 7 aromatic rings. The van der Waals surface area contributed by atoms with Gasteiger partial charge in [0.05, 0.1) is 29.9 Å². The number of rotatable bonds is 5. The first kappa shape index (κ1) is 25.9. The molecule has 8 nitrogen and oxygen atoms in total. The molecule has 4 aliphatic heterocycles. The minimum Gasteiger partial charge on any atom is -0.380 e. The summed E-state index contributed by atoms with van der Waals surface area (Å²) in [7, 11) is 1.61. The standard InChI is InChI=1S/C37H22N4O4S2/c1-43-47-45-37-25-17-13-21-20-12-16-24-32-22(34-38-26-6-2-4-8-28(26)40(34)36(24)44-46-42)14-10-18(30(20)32)19-11-15-23(33(25)31(19)21)35-39-27-7-3-5-9-29(27)41(35)37/h2-17,38-39,42H,1H3. The zero-order valence-electron chi connectivity index (χ0n) is 24.6. The lowest BCUT2D eigenvalue weighted by Gasteiger charge is -2.28. The minimum atomic E-state index is 0.367. The molecule has 0 aromatic heterocycles. The predicted molar refractivity (Wildman–Crippen MR) is 192 cm³/mol. The quantitative estimate of drug-likeness (QED) is 0.113. The van der Waals surface area contributed by atoms with Gasteiger partial charge in [-0.15, -0.1) is 0 Å². The van der Waals surface area contributed by atoms with Crippen LogP contribution in [-0.4, -0.2) is 11.7 Å². The van der Waals surface area contributed by atoms with E-state index in [1.54, 1.807) is 7.11 Å². The molecular weight excluding hydrogens is 629 g/mol. The number of nitrogens with one attached hydrogen (secondary N) is 2. The first-order chi connectivity index (χ1) is 23.3. The number of hydrogen-bond acceptors (Lipinski definition) is 10. The van der Waals surface area contributed by atoms with Gasteiger partial charge in [-0.1, -0.05) is 60.7 Å². The lowest BCUT2D eigenvalue weighted by atomic mass is 9.86. The van der Waals surface area contributed by atoms with Gasteiger partial charge in [0, 0.05) is 31.6 Å². The fourth-order valence-corrected chi connectivity index (χ4v) is 8.63. The Hall–Kier alpha value is -5.26. The van der Waals surface area contributed by atoms with E-state index < -0.39 is 0 Å². The van der Waals surface area contributed by atoms with E-state index in [-0.39, 0.29) is 0 Å². The van der Waals surface area contributed by atoms with Gasteiger partial charge >= 0.3 is 0 Å². The Balaban J connectivity index is 1.30. The third-order valence-electron chi connectivity index (χ3n) is 9.82. The average molecular weight is 651 g/mol. The summed E-state index contributed by atoms with van der Waals surface area (Å²) in [6.45, 7) is 0. The summed E-state index contributed by atoms with van der Waals surface area (Å²) in [5, 5.41) is 20.6. The summed E-state index contributed by atoms with van der Waals surface area (Å²) < 4.78 is 27.5. The smallest absolute Gasteiger partial charge is 0.226 e. The first-order valence-corrected chi connectivity index (χ1v) is 16.5. The van der Waals surface area contributed by atoms with Crippen LogP contribution in [0.25, 0.3) is 66.5 Å². The number of nitrogens with zero attached hydrogens (tertiary/aromatic N) is 2. The van der Waals surface area contributed by atoms with Crippen molar-refractivity contribution >= 4 is 114 Å². The van der Waals surface area contributed by atoms with E-state index in [4.69, 9.17) is 12.5 Å². The fraction of sp³-hybridized carbons (Fsp3) is 0.0270. The maximum absolute atomic E-state index is 9.95. The highest BCUT2D eigenvalue weighted by molar-refractivity contribution is 7.90. The molecule has 11 rings (SSSR count). The molecule has 0 unspecified atom stereocenters. The van der Waals surface area contributed by atoms with E-state index in [0.717, 1.165) is 105 Å². The molecule has 0 aliphatic carbocycles. The molecule has 10 heteroatoms. The normalized spacial score (nSPS) is 15.4. The highest BCUT2D eigenvalue weighted by atomic mass is 32.2. The Morgan fingerprint density at radius 1 is 0.532 bits per heavy atom. The second kappa shape index (κ2) is 9.18. The van der Waals surface area contributed by atoms with Crippen molar-refractivity contribution in [2.24, 2.45) is 0 Å². The van der Waals surface area contributed by atoms with Crippen molar-refractivity contribution in [2.45, 2.75) is 0 Å². The SMILES string of the molecule is COSOC1=c2ccc3c4ccc5c6c(ccc(c7ccc(c2c73)=C2Nc3ccccc3N21)c64)=C1Nc2ccccc2N1C=5OSO. The number of fused-ring (bicyclic) bond motifs is 8. The molecule has 4 heterocycles. The zero-order chi connectivity index (χ0) is 31.0. The molecule has 3 N–H and O–H groups in total. The van der Waals surface area contributed by atoms with Crippen LogP contribution in [0.1, 0.15) is 0 Å². The average Bonchev–Trinajstić information content (AvgIpc) is 3.70. The molecule has 47 heavy (non-hydrogen) atoms. The monoisotopic (exact) mass is 650 g/mol. The maximum atomic E-state index is 9.95. The predicted octanol–water partition coefficient (Wildman–Crippen LogP) is 6.26. The maximum Gasteiger partial charge on any atom is 0.226 e. The lowest BCUT2D eigenvalue weighted by molar-refractivity contribution is 0.421.